The van der Waals surface area contributed by atoms with Crippen molar-refractivity contribution < 1.29 is 0 Å². The summed E-state index contributed by atoms with van der Waals surface area (Å²) in [5.41, 5.74) is 11.1. The molecule has 1 aliphatic heterocycles. The highest BCUT2D eigenvalue weighted by Gasteiger charge is 2.17. The van der Waals surface area contributed by atoms with Gasteiger partial charge in [0, 0.05) is 34.3 Å². The van der Waals surface area contributed by atoms with Crippen LogP contribution in [0, 0.1) is 0 Å². The minimum atomic E-state index is 0.387. The van der Waals surface area contributed by atoms with E-state index in [1.165, 1.54) is 0 Å². The van der Waals surface area contributed by atoms with Crippen molar-refractivity contribution in [3.63, 3.8) is 0 Å². The third-order valence-corrected chi connectivity index (χ3v) is 4.15. The first-order chi connectivity index (χ1) is 11.2. The molecule has 3 aromatic rings. The van der Waals surface area contributed by atoms with Gasteiger partial charge in [0.2, 0.25) is 0 Å². The van der Waals surface area contributed by atoms with Gasteiger partial charge in [-0.05, 0) is 12.1 Å². The molecule has 0 atom stereocenters. The summed E-state index contributed by atoms with van der Waals surface area (Å²) < 4.78 is 0. The molecule has 0 saturated heterocycles. The molecule has 2 aromatic carbocycles. The van der Waals surface area contributed by atoms with Gasteiger partial charge in [0.25, 0.3) is 0 Å². The van der Waals surface area contributed by atoms with Crippen molar-refractivity contribution in [1.29, 1.82) is 0 Å². The second kappa shape index (κ2) is 5.48. The summed E-state index contributed by atoms with van der Waals surface area (Å²) in [6.07, 6.45) is 4.20. The van der Waals surface area contributed by atoms with Gasteiger partial charge in [-0.15, -0.1) is 0 Å². The van der Waals surface area contributed by atoms with Crippen LogP contribution in [0.3, 0.4) is 0 Å². The zero-order valence-electron chi connectivity index (χ0n) is 12.2. The van der Waals surface area contributed by atoms with E-state index in [-0.39, 0.29) is 0 Å². The van der Waals surface area contributed by atoms with Crippen LogP contribution in [0.1, 0.15) is 5.56 Å². The van der Waals surface area contributed by atoms with Crippen molar-refractivity contribution in [2.24, 2.45) is 4.99 Å². The topological polar surface area (TPSA) is 64.2 Å². The van der Waals surface area contributed by atoms with E-state index in [2.05, 4.69) is 15.0 Å². The highest BCUT2D eigenvalue weighted by Crippen LogP contribution is 2.38. The van der Waals surface area contributed by atoms with E-state index in [4.69, 9.17) is 17.3 Å². The third kappa shape index (κ3) is 2.47. The number of benzene rings is 2. The number of fused-ring (bicyclic) bond motifs is 1. The Balaban J connectivity index is 1.93. The lowest BCUT2D eigenvalue weighted by Gasteiger charge is -2.11. The Labute approximate surface area is 138 Å². The Hall–Kier alpha value is -2.72. The Morgan fingerprint density at radius 3 is 2.65 bits per heavy atom. The molecule has 23 heavy (non-hydrogen) atoms. The molecule has 2 heterocycles. The van der Waals surface area contributed by atoms with E-state index in [1.807, 2.05) is 48.7 Å². The van der Waals surface area contributed by atoms with Crippen LogP contribution in [0.2, 0.25) is 5.02 Å². The average molecular weight is 321 g/mol. The minimum absolute atomic E-state index is 0.387. The summed E-state index contributed by atoms with van der Waals surface area (Å²) in [7, 11) is 0. The normalized spacial score (nSPS) is 12.4. The molecule has 4 nitrogen and oxygen atoms in total. The van der Waals surface area contributed by atoms with Gasteiger partial charge < -0.3 is 5.73 Å². The Morgan fingerprint density at radius 2 is 1.83 bits per heavy atom. The van der Waals surface area contributed by atoms with Crippen LogP contribution in [0.4, 0.5) is 11.5 Å². The summed E-state index contributed by atoms with van der Waals surface area (Å²) in [6.45, 7) is 0. The predicted molar refractivity (Wildman–Crippen MR) is 94.2 cm³/mol. The highest BCUT2D eigenvalue weighted by molar-refractivity contribution is 6.32. The first kappa shape index (κ1) is 13.9. The minimum Gasteiger partial charge on any atom is -0.382 e. The number of hydrogen-bond acceptors (Lipinski definition) is 4. The quantitative estimate of drug-likeness (QED) is 0.765. The fourth-order valence-electron chi connectivity index (χ4n) is 2.72. The fraction of sp³-hybridized carbons (Fsp3) is 0.0556. The van der Waals surface area contributed by atoms with E-state index in [1.54, 1.807) is 6.20 Å². The molecule has 5 heteroatoms. The van der Waals surface area contributed by atoms with Crippen molar-refractivity contribution in [1.82, 2.24) is 9.97 Å². The molecule has 2 N–H and O–H groups in total. The van der Waals surface area contributed by atoms with Crippen LogP contribution >= 0.6 is 11.6 Å². The molecule has 0 radical (unpaired) electrons. The summed E-state index contributed by atoms with van der Waals surface area (Å²) in [5.74, 6) is 0.387. The zero-order valence-corrected chi connectivity index (χ0v) is 13.0. The lowest BCUT2D eigenvalue weighted by molar-refractivity contribution is 1.22. The van der Waals surface area contributed by atoms with E-state index in [0.717, 1.165) is 40.2 Å². The number of nitrogens with two attached hydrogens (primary N) is 1. The van der Waals surface area contributed by atoms with Crippen molar-refractivity contribution in [2.75, 3.05) is 5.73 Å². The van der Waals surface area contributed by atoms with Crippen LogP contribution in [-0.4, -0.2) is 16.2 Å². The van der Waals surface area contributed by atoms with Crippen molar-refractivity contribution in [2.45, 2.75) is 6.42 Å². The molecule has 1 aromatic heterocycles. The van der Waals surface area contributed by atoms with Crippen LogP contribution < -0.4 is 5.73 Å². The van der Waals surface area contributed by atoms with Gasteiger partial charge in [-0.2, -0.15) is 0 Å². The molecule has 0 bridgehead atoms. The maximum absolute atomic E-state index is 6.40. The molecule has 112 valence electrons. The van der Waals surface area contributed by atoms with Crippen molar-refractivity contribution in [3.05, 3.63) is 59.2 Å². The molecule has 0 aliphatic carbocycles. The monoisotopic (exact) mass is 320 g/mol. The van der Waals surface area contributed by atoms with Gasteiger partial charge in [0.1, 0.15) is 5.82 Å². The van der Waals surface area contributed by atoms with Crippen LogP contribution in [0.15, 0.2) is 53.7 Å². The van der Waals surface area contributed by atoms with Crippen LogP contribution in [0.5, 0.6) is 0 Å². The number of rotatable bonds is 2. The number of aliphatic imine (C=N–C) groups is 1. The van der Waals surface area contributed by atoms with Crippen molar-refractivity contribution in [3.8, 4) is 22.5 Å². The van der Waals surface area contributed by atoms with Gasteiger partial charge >= 0.3 is 0 Å². The van der Waals surface area contributed by atoms with Gasteiger partial charge in [0.15, 0.2) is 0 Å². The van der Waals surface area contributed by atoms with E-state index in [9.17, 15) is 0 Å². The van der Waals surface area contributed by atoms with Crippen LogP contribution in [0.25, 0.3) is 22.5 Å². The number of aromatic nitrogens is 2. The Kier molecular flexibility index (Phi) is 3.32. The summed E-state index contributed by atoms with van der Waals surface area (Å²) in [6, 6.07) is 13.8. The molecule has 1 aliphatic rings. The highest BCUT2D eigenvalue weighted by atomic mass is 35.5. The Morgan fingerprint density at radius 1 is 1.00 bits per heavy atom. The first-order valence-electron chi connectivity index (χ1n) is 7.25. The fourth-order valence-corrected chi connectivity index (χ4v) is 3.01. The van der Waals surface area contributed by atoms with Crippen molar-refractivity contribution >= 4 is 29.3 Å². The maximum atomic E-state index is 6.40. The second-order valence-electron chi connectivity index (χ2n) is 5.33. The molecule has 0 saturated carbocycles. The molecular formula is C18H13ClN4. The van der Waals surface area contributed by atoms with Gasteiger partial charge in [-0.25, -0.2) is 4.98 Å². The Bertz CT molecular complexity index is 920. The standard InChI is InChI=1S/C18H13ClN4/c19-14-8-12(9-15-13(14)6-7-21-15)17-18(23-16(20)10-22-17)11-4-2-1-3-5-11/h1-5,7-10H,6H2,(H2,20,23). The van der Waals surface area contributed by atoms with Gasteiger partial charge in [0.05, 0.1) is 23.3 Å². The SMILES string of the molecule is Nc1cnc(-c2cc(Cl)c3c(c2)N=CC3)c(-c2ccccc2)n1. The lowest BCUT2D eigenvalue weighted by Crippen LogP contribution is -1.98. The molecule has 4 rings (SSSR count). The average Bonchev–Trinajstić information content (AvgIpc) is 3.05. The zero-order chi connectivity index (χ0) is 15.8. The van der Waals surface area contributed by atoms with E-state index < -0.39 is 0 Å². The van der Waals surface area contributed by atoms with E-state index in [0.29, 0.717) is 10.8 Å². The predicted octanol–water partition coefficient (Wildman–Crippen LogP) is 4.30. The largest absolute Gasteiger partial charge is 0.382 e. The summed E-state index contributed by atoms with van der Waals surface area (Å²) in [5, 5.41) is 0.702. The number of nitrogens with zero attached hydrogens (tertiary/aromatic N) is 3. The molecule has 0 spiro atoms. The first-order valence-corrected chi connectivity index (χ1v) is 7.63. The molecule has 0 amide bonds. The summed E-state index contributed by atoms with van der Waals surface area (Å²) >= 11 is 6.40. The van der Waals surface area contributed by atoms with Crippen LogP contribution in [-0.2, 0) is 6.42 Å². The van der Waals surface area contributed by atoms with Gasteiger partial charge in [-0.3, -0.25) is 9.98 Å². The molecule has 0 fully saturated rings. The summed E-state index contributed by atoms with van der Waals surface area (Å²) in [4.78, 5) is 13.4. The smallest absolute Gasteiger partial charge is 0.142 e. The number of nitrogen functional groups attached to an aromatic ring is 1. The third-order valence-electron chi connectivity index (χ3n) is 3.81. The maximum Gasteiger partial charge on any atom is 0.142 e. The second-order valence-corrected chi connectivity index (χ2v) is 5.74. The number of halogens is 1. The van der Waals surface area contributed by atoms with E-state index >= 15 is 0 Å². The lowest BCUT2D eigenvalue weighted by atomic mass is 10.0. The number of hydrogen-bond donors (Lipinski definition) is 1. The molecule has 0 unspecified atom stereocenters. The molecular weight excluding hydrogens is 308 g/mol. The van der Waals surface area contributed by atoms with Gasteiger partial charge in [-0.1, -0.05) is 41.9 Å². The number of anilines is 1.